The van der Waals surface area contributed by atoms with Gasteiger partial charge in [-0.05, 0) is 37.5 Å². The summed E-state index contributed by atoms with van der Waals surface area (Å²) in [6, 6.07) is 16.0. The number of amides is 2. The Kier molecular flexibility index (Phi) is 9.28. The first-order chi connectivity index (χ1) is 16.4. The highest BCUT2D eigenvalue weighted by Gasteiger charge is 2.39. The van der Waals surface area contributed by atoms with Gasteiger partial charge in [0.2, 0.25) is 0 Å². The van der Waals surface area contributed by atoms with Crippen LogP contribution in [-0.4, -0.2) is 53.9 Å². The molecule has 1 heterocycles. The molecule has 0 saturated heterocycles. The van der Waals surface area contributed by atoms with Gasteiger partial charge in [-0.25, -0.2) is 9.59 Å². The van der Waals surface area contributed by atoms with E-state index in [0.717, 1.165) is 16.7 Å². The van der Waals surface area contributed by atoms with Crippen LogP contribution in [0.25, 0.3) is 0 Å². The van der Waals surface area contributed by atoms with Crippen LogP contribution in [0.1, 0.15) is 37.5 Å². The number of fused-ring (bicyclic) bond motifs is 1. The molecule has 0 aliphatic carbocycles. The lowest BCUT2D eigenvalue weighted by Crippen LogP contribution is -2.54. The van der Waals surface area contributed by atoms with Crippen molar-refractivity contribution in [2.45, 2.75) is 46.4 Å². The lowest BCUT2D eigenvalue weighted by Gasteiger charge is -2.38. The Morgan fingerprint density at radius 3 is 2.21 bits per heavy atom. The quantitative estimate of drug-likeness (QED) is 0.352. The maximum atomic E-state index is 13.6. The topological polar surface area (TPSA) is 85.4 Å². The Bertz CT molecular complexity index is 1010. The lowest BCUT2D eigenvalue weighted by atomic mass is 9.94. The van der Waals surface area contributed by atoms with Gasteiger partial charge in [0.25, 0.3) is 0 Å². The molecule has 1 aliphatic heterocycles. The van der Waals surface area contributed by atoms with Crippen molar-refractivity contribution >= 4 is 19.6 Å². The molecule has 8 nitrogen and oxygen atoms in total. The number of carbonyl (C=O) groups excluding carboxylic acids is 2. The molecule has 1 aliphatic rings. The molecule has 3 rings (SSSR count). The number of rotatable bonds is 10. The zero-order valence-electron chi connectivity index (χ0n) is 20.0. The summed E-state index contributed by atoms with van der Waals surface area (Å²) in [6.07, 6.45) is 0.162. The van der Waals surface area contributed by atoms with Crippen LogP contribution in [0.3, 0.4) is 0 Å². The van der Waals surface area contributed by atoms with Crippen molar-refractivity contribution in [2.75, 3.05) is 26.0 Å². The van der Waals surface area contributed by atoms with Crippen LogP contribution in [0.2, 0.25) is 0 Å². The summed E-state index contributed by atoms with van der Waals surface area (Å²) in [5, 5.41) is 0. The van der Waals surface area contributed by atoms with Crippen molar-refractivity contribution < 1.29 is 27.9 Å². The molecule has 34 heavy (non-hydrogen) atoms. The first-order valence-electron chi connectivity index (χ1n) is 11.6. The monoisotopic (exact) mass is 488 g/mol. The van der Waals surface area contributed by atoms with Gasteiger partial charge in [-0.15, -0.1) is 0 Å². The molecule has 9 heteroatoms. The third kappa shape index (κ3) is 6.47. The highest BCUT2D eigenvalue weighted by molar-refractivity contribution is 7.53. The number of esters is 1. The molecule has 1 atom stereocenters. The summed E-state index contributed by atoms with van der Waals surface area (Å²) >= 11 is 0. The number of ether oxygens (including phenoxy) is 1. The van der Waals surface area contributed by atoms with Crippen molar-refractivity contribution in [1.29, 1.82) is 0 Å². The fourth-order valence-corrected chi connectivity index (χ4v) is 5.72. The molecule has 0 radical (unpaired) electrons. The minimum Gasteiger partial charge on any atom is -0.459 e. The van der Waals surface area contributed by atoms with Crippen LogP contribution in [0.15, 0.2) is 54.6 Å². The molecule has 0 N–H and O–H groups in total. The second-order valence-corrected chi connectivity index (χ2v) is 9.96. The van der Waals surface area contributed by atoms with E-state index in [4.69, 9.17) is 13.8 Å². The summed E-state index contributed by atoms with van der Waals surface area (Å²) in [7, 11) is -3.50. The maximum Gasteiger partial charge on any atom is 0.349 e. The van der Waals surface area contributed by atoms with E-state index in [9.17, 15) is 14.2 Å². The van der Waals surface area contributed by atoms with E-state index in [1.165, 1.54) is 9.80 Å². The Hall–Kier alpha value is -2.67. The molecule has 0 spiro atoms. The van der Waals surface area contributed by atoms with Crippen LogP contribution in [0, 0.1) is 0 Å². The molecule has 1 unspecified atom stereocenters. The smallest absolute Gasteiger partial charge is 0.349 e. The number of hydrogen-bond donors (Lipinski definition) is 0. The second kappa shape index (κ2) is 12.2. The fourth-order valence-electron chi connectivity index (χ4n) is 3.96. The van der Waals surface area contributed by atoms with Crippen LogP contribution >= 0.6 is 7.60 Å². The maximum absolute atomic E-state index is 13.6. The highest BCUT2D eigenvalue weighted by atomic mass is 31.2. The summed E-state index contributed by atoms with van der Waals surface area (Å²) in [6.45, 7) is 6.32. The van der Waals surface area contributed by atoms with E-state index in [1.807, 2.05) is 54.6 Å². The summed E-state index contributed by atoms with van der Waals surface area (Å²) < 4.78 is 29.5. The average molecular weight is 489 g/mol. The van der Waals surface area contributed by atoms with Gasteiger partial charge in [0, 0.05) is 19.5 Å². The lowest BCUT2D eigenvalue weighted by molar-refractivity contribution is -0.151. The van der Waals surface area contributed by atoms with Crippen LogP contribution in [0.5, 0.6) is 0 Å². The summed E-state index contributed by atoms with van der Waals surface area (Å²) in [5.41, 5.74) is 2.84. The second-order valence-electron chi connectivity index (χ2n) is 7.94. The molecule has 2 aromatic rings. The number of hydrogen-bond acceptors (Lipinski definition) is 6. The van der Waals surface area contributed by atoms with Gasteiger partial charge < -0.3 is 23.6 Å². The van der Waals surface area contributed by atoms with Crippen molar-refractivity contribution in [1.82, 2.24) is 9.80 Å². The van der Waals surface area contributed by atoms with Crippen molar-refractivity contribution in [3.05, 3.63) is 71.3 Å². The number of carbonyl (C=O) groups is 2. The van der Waals surface area contributed by atoms with E-state index < -0.39 is 25.6 Å². The first kappa shape index (κ1) is 25.9. The van der Waals surface area contributed by atoms with Crippen molar-refractivity contribution in [3.63, 3.8) is 0 Å². The van der Waals surface area contributed by atoms with E-state index >= 15 is 0 Å². The number of nitrogens with zero attached hydrogens (tertiary/aromatic N) is 2. The molecular weight excluding hydrogens is 455 g/mol. The molecule has 0 bridgehead atoms. The SMILES string of the molecule is CCOP(=O)(CN(CC)C(=O)N1Cc2ccccc2CC1C(=O)OCc1ccccc1)OCC. The van der Waals surface area contributed by atoms with Gasteiger partial charge in [-0.2, -0.15) is 0 Å². The number of urea groups is 1. The Balaban J connectivity index is 1.82. The minimum absolute atomic E-state index is 0.126. The fraction of sp³-hybridized carbons (Fsp3) is 0.440. The number of benzene rings is 2. The van der Waals surface area contributed by atoms with Gasteiger partial charge in [0.05, 0.1) is 13.2 Å². The predicted octanol–water partition coefficient (Wildman–Crippen LogP) is 4.82. The normalized spacial score (nSPS) is 15.5. The standard InChI is InChI=1S/C25H33N2O6P/c1-4-26(19-34(30,32-5-2)33-6-3)25(29)27-17-22-15-11-10-14-21(22)16-23(27)24(28)31-18-20-12-8-7-9-13-20/h7-15,23H,4-6,16-19H2,1-3H3. The zero-order chi connectivity index (χ0) is 24.6. The van der Waals surface area contributed by atoms with E-state index in [0.29, 0.717) is 6.42 Å². The van der Waals surface area contributed by atoms with Crippen molar-refractivity contribution in [3.8, 4) is 0 Å². The zero-order valence-corrected chi connectivity index (χ0v) is 20.9. The molecule has 184 valence electrons. The predicted molar refractivity (Wildman–Crippen MR) is 129 cm³/mol. The molecular formula is C25H33N2O6P. The molecule has 0 fully saturated rings. The molecule has 2 aromatic carbocycles. The minimum atomic E-state index is -3.50. The van der Waals surface area contributed by atoms with E-state index in [-0.39, 0.29) is 39.2 Å². The first-order valence-corrected chi connectivity index (χ1v) is 13.3. The Labute approximate surface area is 201 Å². The summed E-state index contributed by atoms with van der Waals surface area (Å²) in [5.74, 6) is -0.472. The Morgan fingerprint density at radius 1 is 0.971 bits per heavy atom. The van der Waals surface area contributed by atoms with Crippen LogP contribution < -0.4 is 0 Å². The van der Waals surface area contributed by atoms with Gasteiger partial charge in [0.1, 0.15) is 18.9 Å². The molecule has 0 saturated carbocycles. The highest BCUT2D eigenvalue weighted by Crippen LogP contribution is 2.48. The van der Waals surface area contributed by atoms with Gasteiger partial charge >= 0.3 is 19.6 Å². The summed E-state index contributed by atoms with van der Waals surface area (Å²) in [4.78, 5) is 29.7. The van der Waals surface area contributed by atoms with E-state index in [1.54, 1.807) is 20.8 Å². The van der Waals surface area contributed by atoms with Crippen LogP contribution in [-0.2, 0) is 42.7 Å². The molecule has 0 aromatic heterocycles. The van der Waals surface area contributed by atoms with Gasteiger partial charge in [0.15, 0.2) is 0 Å². The third-order valence-electron chi connectivity index (χ3n) is 5.64. The third-order valence-corrected chi connectivity index (χ3v) is 7.63. The van der Waals surface area contributed by atoms with Crippen LogP contribution in [0.4, 0.5) is 4.79 Å². The van der Waals surface area contributed by atoms with E-state index in [2.05, 4.69) is 0 Å². The Morgan fingerprint density at radius 2 is 1.59 bits per heavy atom. The van der Waals surface area contributed by atoms with Gasteiger partial charge in [-0.3, -0.25) is 4.57 Å². The van der Waals surface area contributed by atoms with Gasteiger partial charge in [-0.1, -0.05) is 54.6 Å². The average Bonchev–Trinajstić information content (AvgIpc) is 2.85. The van der Waals surface area contributed by atoms with Crippen molar-refractivity contribution in [2.24, 2.45) is 0 Å². The largest absolute Gasteiger partial charge is 0.459 e. The molecule has 2 amide bonds.